The van der Waals surface area contributed by atoms with Gasteiger partial charge in [0.15, 0.2) is 0 Å². The minimum atomic E-state index is -0.196. The maximum absolute atomic E-state index is 13.7. The number of aliphatic hydroxyl groups excluding tert-OH is 1. The zero-order chi connectivity index (χ0) is 22.9. The second kappa shape index (κ2) is 9.02. The van der Waals surface area contributed by atoms with E-state index in [0.717, 1.165) is 29.6 Å². The summed E-state index contributed by atoms with van der Waals surface area (Å²) in [7, 11) is 0. The number of aromatic nitrogens is 1. The highest BCUT2D eigenvalue weighted by molar-refractivity contribution is 7.21. The molecular weight excluding hydrogens is 458 g/mol. The first-order valence-corrected chi connectivity index (χ1v) is 11.9. The number of aliphatic hydroxyl groups is 1. The van der Waals surface area contributed by atoms with E-state index in [1.807, 2.05) is 42.5 Å². The van der Waals surface area contributed by atoms with Crippen LogP contribution < -0.4 is 10.9 Å². The molecule has 3 heterocycles. The number of rotatable bonds is 5. The molecule has 2 N–H and O–H groups in total. The number of likely N-dealkylation sites (tertiary alicyclic amines) is 1. The standard InChI is InChI=1S/C25H22ClN3O3S/c26-16-6-4-7-17(14-16)27-22-20-11-12-21(31)29(18-8-2-1-3-9-18)25(20)33-23(22)24(32)28-13-5-10-19(28)15-30/h1-4,6-9,11-12,14,19,27,30H,5,10,13,15H2/t19-/m1/s1. The lowest BCUT2D eigenvalue weighted by Crippen LogP contribution is -2.37. The lowest BCUT2D eigenvalue weighted by atomic mass is 10.2. The Morgan fingerprint density at radius 1 is 1.12 bits per heavy atom. The summed E-state index contributed by atoms with van der Waals surface area (Å²) in [5.74, 6) is -0.149. The Kier molecular flexibility index (Phi) is 5.93. The first-order chi connectivity index (χ1) is 16.1. The van der Waals surface area contributed by atoms with Gasteiger partial charge in [-0.1, -0.05) is 35.9 Å². The monoisotopic (exact) mass is 479 g/mol. The normalized spacial score (nSPS) is 15.8. The minimum Gasteiger partial charge on any atom is -0.394 e. The number of nitrogens with zero attached hydrogens (tertiary/aromatic N) is 2. The average Bonchev–Trinajstić information content (AvgIpc) is 3.44. The molecule has 1 aliphatic rings. The van der Waals surface area contributed by atoms with E-state index in [1.54, 1.807) is 27.7 Å². The third kappa shape index (κ3) is 4.04. The van der Waals surface area contributed by atoms with E-state index in [0.29, 0.717) is 27.0 Å². The Morgan fingerprint density at radius 2 is 1.94 bits per heavy atom. The number of thiophene rings is 1. The van der Waals surface area contributed by atoms with Gasteiger partial charge in [0.25, 0.3) is 11.5 Å². The molecule has 1 fully saturated rings. The maximum Gasteiger partial charge on any atom is 0.266 e. The molecule has 0 bridgehead atoms. The van der Waals surface area contributed by atoms with E-state index < -0.39 is 0 Å². The summed E-state index contributed by atoms with van der Waals surface area (Å²) in [5.41, 5.74) is 1.94. The molecule has 1 saturated heterocycles. The van der Waals surface area contributed by atoms with Gasteiger partial charge in [-0.2, -0.15) is 0 Å². The molecular formula is C25H22ClN3O3S. The first kappa shape index (κ1) is 21.7. The molecule has 4 aromatic rings. The van der Waals surface area contributed by atoms with Gasteiger partial charge in [0.2, 0.25) is 0 Å². The second-order valence-corrected chi connectivity index (χ2v) is 9.42. The van der Waals surface area contributed by atoms with Gasteiger partial charge in [0.1, 0.15) is 9.71 Å². The van der Waals surface area contributed by atoms with Crippen LogP contribution in [0.25, 0.3) is 15.9 Å². The van der Waals surface area contributed by atoms with E-state index in [9.17, 15) is 14.7 Å². The number of hydrogen-bond acceptors (Lipinski definition) is 5. The van der Waals surface area contributed by atoms with E-state index >= 15 is 0 Å². The summed E-state index contributed by atoms with van der Waals surface area (Å²) in [6.07, 6.45) is 1.63. The highest BCUT2D eigenvalue weighted by Crippen LogP contribution is 2.39. The van der Waals surface area contributed by atoms with Gasteiger partial charge in [0.05, 0.1) is 24.0 Å². The van der Waals surface area contributed by atoms with Gasteiger partial charge in [0, 0.05) is 28.7 Å². The SMILES string of the molecule is O=C(c1sc2c(ccc(=O)n2-c2ccccc2)c1Nc1cccc(Cl)c1)N1CCC[C@@H]1CO. The molecule has 6 nitrogen and oxygen atoms in total. The third-order valence-electron chi connectivity index (χ3n) is 5.89. The van der Waals surface area contributed by atoms with Crippen molar-refractivity contribution in [2.45, 2.75) is 18.9 Å². The zero-order valence-corrected chi connectivity index (χ0v) is 19.3. The fourth-order valence-corrected chi connectivity index (χ4v) is 5.73. The van der Waals surface area contributed by atoms with Crippen molar-refractivity contribution in [2.75, 3.05) is 18.5 Å². The third-order valence-corrected chi connectivity index (χ3v) is 7.31. The number of halogens is 1. The molecule has 0 unspecified atom stereocenters. The molecule has 2 aromatic heterocycles. The quantitative estimate of drug-likeness (QED) is 0.420. The number of hydrogen-bond donors (Lipinski definition) is 2. The fourth-order valence-electron chi connectivity index (χ4n) is 4.31. The van der Waals surface area contributed by atoms with Crippen LogP contribution >= 0.6 is 22.9 Å². The molecule has 8 heteroatoms. The number of pyridine rings is 1. The zero-order valence-electron chi connectivity index (χ0n) is 17.7. The molecule has 0 aliphatic carbocycles. The molecule has 1 aliphatic heterocycles. The van der Waals surface area contributed by atoms with Crippen molar-refractivity contribution >= 4 is 50.4 Å². The van der Waals surface area contributed by atoms with Crippen LogP contribution in [0.4, 0.5) is 11.4 Å². The number of benzene rings is 2. The van der Waals surface area contributed by atoms with Crippen LogP contribution in [0.5, 0.6) is 0 Å². The molecule has 0 radical (unpaired) electrons. The molecule has 1 amide bonds. The van der Waals surface area contributed by atoms with Crippen LogP contribution in [-0.2, 0) is 0 Å². The Labute approximate surface area is 199 Å². The summed E-state index contributed by atoms with van der Waals surface area (Å²) in [6, 6.07) is 19.8. The van der Waals surface area contributed by atoms with Gasteiger partial charge in [-0.15, -0.1) is 11.3 Å². The van der Waals surface area contributed by atoms with Crippen molar-refractivity contribution in [1.29, 1.82) is 0 Å². The second-order valence-electron chi connectivity index (χ2n) is 7.98. The molecule has 168 valence electrons. The largest absolute Gasteiger partial charge is 0.394 e. The lowest BCUT2D eigenvalue weighted by Gasteiger charge is -2.23. The first-order valence-electron chi connectivity index (χ1n) is 10.7. The maximum atomic E-state index is 13.7. The predicted octanol–water partition coefficient (Wildman–Crippen LogP) is 5.05. The highest BCUT2D eigenvalue weighted by Gasteiger charge is 2.32. The molecule has 2 aromatic carbocycles. The summed E-state index contributed by atoms with van der Waals surface area (Å²) < 4.78 is 1.63. The molecule has 0 saturated carbocycles. The lowest BCUT2D eigenvalue weighted by molar-refractivity contribution is 0.0683. The van der Waals surface area contributed by atoms with Crippen molar-refractivity contribution < 1.29 is 9.90 Å². The van der Waals surface area contributed by atoms with Gasteiger partial charge < -0.3 is 15.3 Å². The smallest absolute Gasteiger partial charge is 0.266 e. The summed E-state index contributed by atoms with van der Waals surface area (Å²) >= 11 is 7.47. The van der Waals surface area contributed by atoms with Gasteiger partial charge in [-0.3, -0.25) is 14.2 Å². The number of carbonyl (C=O) groups is 1. The van der Waals surface area contributed by atoms with Crippen molar-refractivity contribution in [3.05, 3.63) is 87.0 Å². The van der Waals surface area contributed by atoms with Crippen molar-refractivity contribution in [3.8, 4) is 5.69 Å². The number of carbonyl (C=O) groups excluding carboxylic acids is 1. The van der Waals surface area contributed by atoms with Crippen molar-refractivity contribution in [3.63, 3.8) is 0 Å². The van der Waals surface area contributed by atoms with E-state index in [2.05, 4.69) is 5.32 Å². The fraction of sp³-hybridized carbons (Fsp3) is 0.200. The van der Waals surface area contributed by atoms with Crippen LogP contribution in [-0.4, -0.2) is 39.7 Å². The van der Waals surface area contributed by atoms with Gasteiger partial charge in [-0.05, 0) is 49.2 Å². The number of fused-ring (bicyclic) bond motifs is 1. The van der Waals surface area contributed by atoms with E-state index in [4.69, 9.17) is 11.6 Å². The van der Waals surface area contributed by atoms with Crippen molar-refractivity contribution in [1.82, 2.24) is 9.47 Å². The van der Waals surface area contributed by atoms with E-state index in [-0.39, 0.29) is 24.1 Å². The Morgan fingerprint density at radius 3 is 2.70 bits per heavy atom. The molecule has 5 rings (SSSR count). The average molecular weight is 480 g/mol. The number of nitrogens with one attached hydrogen (secondary N) is 1. The Bertz CT molecular complexity index is 1380. The number of amides is 1. The summed E-state index contributed by atoms with van der Waals surface area (Å²) in [5, 5.41) is 14.5. The number of para-hydroxylation sites is 1. The van der Waals surface area contributed by atoms with Gasteiger partial charge >= 0.3 is 0 Å². The molecule has 0 spiro atoms. The van der Waals surface area contributed by atoms with Crippen LogP contribution in [0, 0.1) is 0 Å². The van der Waals surface area contributed by atoms with Crippen LogP contribution in [0.15, 0.2) is 71.5 Å². The highest BCUT2D eigenvalue weighted by atomic mass is 35.5. The molecule has 33 heavy (non-hydrogen) atoms. The Balaban J connectivity index is 1.72. The molecule has 1 atom stereocenters. The predicted molar refractivity (Wildman–Crippen MR) is 133 cm³/mol. The van der Waals surface area contributed by atoms with E-state index in [1.165, 1.54) is 17.4 Å². The van der Waals surface area contributed by atoms with Crippen molar-refractivity contribution in [2.24, 2.45) is 0 Å². The summed E-state index contributed by atoms with van der Waals surface area (Å²) in [6.45, 7) is 0.531. The number of anilines is 2. The Hall–Kier alpha value is -3.13. The van der Waals surface area contributed by atoms with Gasteiger partial charge in [-0.25, -0.2) is 0 Å². The topological polar surface area (TPSA) is 74.6 Å². The summed E-state index contributed by atoms with van der Waals surface area (Å²) in [4.78, 5) is 29.5. The van der Waals surface area contributed by atoms with Crippen LogP contribution in [0.1, 0.15) is 22.5 Å². The van der Waals surface area contributed by atoms with Crippen LogP contribution in [0.3, 0.4) is 0 Å². The van der Waals surface area contributed by atoms with Crippen LogP contribution in [0.2, 0.25) is 5.02 Å². The minimum absolute atomic E-state index is 0.0670.